The molecule has 7 nitrogen and oxygen atoms in total. The molecular weight excluding hydrogens is 469 g/mol. The summed E-state index contributed by atoms with van der Waals surface area (Å²) in [6.07, 6.45) is 0. The van der Waals surface area contributed by atoms with E-state index in [4.69, 9.17) is 9.47 Å². The maximum atomic E-state index is 14.2. The number of para-hydroxylation sites is 1. The number of benzene rings is 2. The molecule has 35 heavy (non-hydrogen) atoms. The third-order valence-electron chi connectivity index (χ3n) is 5.74. The molecule has 0 radical (unpaired) electrons. The number of nitrogens with one attached hydrogen (secondary N) is 2. The molecular formula is C26H24FN3O4S. The summed E-state index contributed by atoms with van der Waals surface area (Å²) < 4.78 is 24.3. The van der Waals surface area contributed by atoms with Gasteiger partial charge in [0.15, 0.2) is 5.13 Å². The van der Waals surface area contributed by atoms with Crippen LogP contribution in [0.15, 0.2) is 76.5 Å². The Hall–Kier alpha value is -3.98. The van der Waals surface area contributed by atoms with Crippen LogP contribution in [-0.2, 0) is 19.1 Å². The average molecular weight is 494 g/mol. The number of thiazole rings is 1. The lowest BCUT2D eigenvalue weighted by Crippen LogP contribution is -2.32. The molecule has 1 aliphatic heterocycles. The van der Waals surface area contributed by atoms with Crippen LogP contribution in [0.5, 0.6) is 0 Å². The molecule has 0 aliphatic carbocycles. The molecule has 2 N–H and O–H groups in total. The summed E-state index contributed by atoms with van der Waals surface area (Å²) in [6, 6.07) is 13.8. The van der Waals surface area contributed by atoms with Gasteiger partial charge in [-0.2, -0.15) is 0 Å². The van der Waals surface area contributed by atoms with Gasteiger partial charge in [0.2, 0.25) is 0 Å². The van der Waals surface area contributed by atoms with Gasteiger partial charge in [-0.05, 0) is 37.6 Å². The Morgan fingerprint density at radius 2 is 1.57 bits per heavy atom. The zero-order valence-corrected chi connectivity index (χ0v) is 20.5. The van der Waals surface area contributed by atoms with E-state index in [-0.39, 0.29) is 5.82 Å². The van der Waals surface area contributed by atoms with Gasteiger partial charge in [-0.3, -0.25) is 0 Å². The van der Waals surface area contributed by atoms with Gasteiger partial charge in [0, 0.05) is 28.0 Å². The highest BCUT2D eigenvalue weighted by atomic mass is 32.1. The van der Waals surface area contributed by atoms with Crippen molar-refractivity contribution in [2.24, 2.45) is 0 Å². The first-order valence-electron chi connectivity index (χ1n) is 10.8. The second kappa shape index (κ2) is 10.1. The number of methoxy groups -OCH3 is 2. The molecule has 0 fully saturated rings. The van der Waals surface area contributed by atoms with E-state index in [2.05, 4.69) is 15.6 Å². The van der Waals surface area contributed by atoms with Gasteiger partial charge in [0.25, 0.3) is 0 Å². The van der Waals surface area contributed by atoms with Gasteiger partial charge in [-0.15, -0.1) is 11.3 Å². The predicted molar refractivity (Wildman–Crippen MR) is 133 cm³/mol. The van der Waals surface area contributed by atoms with E-state index in [0.717, 1.165) is 0 Å². The van der Waals surface area contributed by atoms with Crippen molar-refractivity contribution in [2.75, 3.05) is 19.5 Å². The molecule has 0 atom stereocenters. The fourth-order valence-corrected chi connectivity index (χ4v) is 4.89. The van der Waals surface area contributed by atoms with E-state index in [1.807, 2.05) is 24.3 Å². The van der Waals surface area contributed by atoms with Crippen molar-refractivity contribution in [3.05, 3.63) is 87.8 Å². The molecule has 2 aromatic carbocycles. The Labute approximate surface area is 206 Å². The highest BCUT2D eigenvalue weighted by Gasteiger charge is 2.38. The van der Waals surface area contributed by atoms with E-state index in [0.29, 0.717) is 50.2 Å². The van der Waals surface area contributed by atoms with Crippen LogP contribution in [0.3, 0.4) is 0 Å². The quantitative estimate of drug-likeness (QED) is 0.452. The predicted octanol–water partition coefficient (Wildman–Crippen LogP) is 5.27. The largest absolute Gasteiger partial charge is 0.466 e. The van der Waals surface area contributed by atoms with E-state index in [9.17, 15) is 14.0 Å². The molecule has 180 valence electrons. The number of rotatable bonds is 6. The normalized spacial score (nSPS) is 14.0. The summed E-state index contributed by atoms with van der Waals surface area (Å²) in [5.41, 5.74) is 3.98. The first kappa shape index (κ1) is 24.2. The number of nitrogens with zero attached hydrogens (tertiary/aromatic N) is 1. The number of allylic oxidation sites excluding steroid dienone is 2. The number of ether oxygens (including phenoxy) is 2. The molecule has 0 saturated heterocycles. The first-order chi connectivity index (χ1) is 16.8. The standard InChI is InChI=1S/C26H24FN3O4S/c1-14-21(24(31)33-3)23(22(15(2)28-14)25(32)34-4)17-10-6-8-12-19(17)29-26-30-20(13-35-26)16-9-5-7-11-18(16)27/h5-13,23,28H,1-4H3,(H,29,30). The lowest BCUT2D eigenvalue weighted by atomic mass is 9.79. The molecule has 3 aromatic rings. The maximum absolute atomic E-state index is 14.2. The number of hydrogen-bond donors (Lipinski definition) is 2. The van der Waals surface area contributed by atoms with E-state index < -0.39 is 17.9 Å². The number of carbonyl (C=O) groups excluding carboxylic acids is 2. The van der Waals surface area contributed by atoms with Crippen LogP contribution in [0.1, 0.15) is 25.3 Å². The maximum Gasteiger partial charge on any atom is 0.336 e. The Morgan fingerprint density at radius 3 is 2.20 bits per heavy atom. The van der Waals surface area contributed by atoms with Crippen molar-refractivity contribution >= 4 is 34.1 Å². The highest BCUT2D eigenvalue weighted by molar-refractivity contribution is 7.14. The lowest BCUT2D eigenvalue weighted by molar-refractivity contribution is -0.137. The van der Waals surface area contributed by atoms with Crippen LogP contribution in [0.2, 0.25) is 0 Å². The molecule has 0 unspecified atom stereocenters. The van der Waals surface area contributed by atoms with Crippen molar-refractivity contribution < 1.29 is 23.5 Å². The summed E-state index contributed by atoms with van der Waals surface area (Å²) in [4.78, 5) is 30.2. The molecule has 0 spiro atoms. The van der Waals surface area contributed by atoms with Crippen molar-refractivity contribution in [3.63, 3.8) is 0 Å². The number of halogens is 1. The molecule has 0 saturated carbocycles. The topological polar surface area (TPSA) is 89.5 Å². The van der Waals surface area contributed by atoms with Gasteiger partial charge in [-0.1, -0.05) is 30.3 Å². The summed E-state index contributed by atoms with van der Waals surface area (Å²) in [5.74, 6) is -2.21. The van der Waals surface area contributed by atoms with Gasteiger partial charge in [0.05, 0.1) is 37.0 Å². The van der Waals surface area contributed by atoms with Crippen molar-refractivity contribution in [2.45, 2.75) is 19.8 Å². The number of hydrogen-bond acceptors (Lipinski definition) is 8. The monoisotopic (exact) mass is 493 g/mol. The van der Waals surface area contributed by atoms with Gasteiger partial charge in [-0.25, -0.2) is 19.0 Å². The molecule has 2 heterocycles. The Balaban J connectivity index is 1.79. The zero-order chi connectivity index (χ0) is 25.1. The van der Waals surface area contributed by atoms with Gasteiger partial charge >= 0.3 is 11.9 Å². The Kier molecular flexibility index (Phi) is 6.97. The van der Waals surface area contributed by atoms with Crippen LogP contribution in [-0.4, -0.2) is 31.1 Å². The third kappa shape index (κ3) is 4.67. The zero-order valence-electron chi connectivity index (χ0n) is 19.6. The molecule has 0 bridgehead atoms. The van der Waals surface area contributed by atoms with E-state index in [1.54, 1.807) is 37.4 Å². The first-order valence-corrected chi connectivity index (χ1v) is 11.6. The average Bonchev–Trinajstić information content (AvgIpc) is 3.31. The van der Waals surface area contributed by atoms with Crippen molar-refractivity contribution in [1.82, 2.24) is 10.3 Å². The van der Waals surface area contributed by atoms with E-state index in [1.165, 1.54) is 31.6 Å². The van der Waals surface area contributed by atoms with Crippen LogP contribution in [0, 0.1) is 5.82 Å². The SMILES string of the molecule is COC(=O)C1=C(C)NC(C)=C(C(=O)OC)C1c1ccccc1Nc1nc(-c2ccccc2F)cs1. The van der Waals surface area contributed by atoms with Crippen LogP contribution >= 0.6 is 11.3 Å². The Bertz CT molecular complexity index is 1320. The summed E-state index contributed by atoms with van der Waals surface area (Å²) in [5, 5.41) is 8.67. The minimum Gasteiger partial charge on any atom is -0.466 e. The van der Waals surface area contributed by atoms with Crippen LogP contribution in [0.4, 0.5) is 15.2 Å². The second-order valence-corrected chi connectivity index (χ2v) is 8.71. The minimum atomic E-state index is -0.745. The Morgan fingerprint density at radius 1 is 0.971 bits per heavy atom. The summed E-state index contributed by atoms with van der Waals surface area (Å²) in [7, 11) is 2.60. The summed E-state index contributed by atoms with van der Waals surface area (Å²) >= 11 is 1.32. The fraction of sp³-hybridized carbons (Fsp3) is 0.192. The van der Waals surface area contributed by atoms with Gasteiger partial charge < -0.3 is 20.1 Å². The number of carbonyl (C=O) groups is 2. The van der Waals surface area contributed by atoms with Gasteiger partial charge in [0.1, 0.15) is 5.82 Å². The molecule has 9 heteroatoms. The van der Waals surface area contributed by atoms with Crippen molar-refractivity contribution in [3.8, 4) is 11.3 Å². The second-order valence-electron chi connectivity index (χ2n) is 7.85. The molecule has 4 rings (SSSR count). The fourth-order valence-electron chi connectivity index (χ4n) is 4.17. The number of dihydropyridines is 1. The molecule has 1 aromatic heterocycles. The minimum absolute atomic E-state index is 0.305. The van der Waals surface area contributed by atoms with Crippen LogP contribution in [0.25, 0.3) is 11.3 Å². The molecule has 0 amide bonds. The highest BCUT2D eigenvalue weighted by Crippen LogP contribution is 2.43. The van der Waals surface area contributed by atoms with Crippen LogP contribution < -0.4 is 10.6 Å². The third-order valence-corrected chi connectivity index (χ3v) is 6.50. The van der Waals surface area contributed by atoms with Crippen molar-refractivity contribution in [1.29, 1.82) is 0 Å². The number of aromatic nitrogens is 1. The van der Waals surface area contributed by atoms with E-state index >= 15 is 0 Å². The number of anilines is 2. The number of esters is 2. The smallest absolute Gasteiger partial charge is 0.336 e. The molecule has 1 aliphatic rings. The summed E-state index contributed by atoms with van der Waals surface area (Å²) in [6.45, 7) is 3.52. The lowest BCUT2D eigenvalue weighted by Gasteiger charge is -2.31.